The van der Waals surface area contributed by atoms with E-state index in [0.29, 0.717) is 0 Å². The molecule has 0 amide bonds. The van der Waals surface area contributed by atoms with Gasteiger partial charge < -0.3 is 4.90 Å². The van der Waals surface area contributed by atoms with Gasteiger partial charge in [0.05, 0.1) is 5.41 Å². The quantitative estimate of drug-likeness (QED) is 0.170. The molecule has 1 nitrogen and oxygen atoms in total. The number of thiophene rings is 1. The number of benzene rings is 9. The Kier molecular flexibility index (Phi) is 7.08. The zero-order valence-electron chi connectivity index (χ0n) is 31.1. The molecule has 57 heavy (non-hydrogen) atoms. The molecule has 0 bridgehead atoms. The van der Waals surface area contributed by atoms with Crippen LogP contribution in [0.5, 0.6) is 0 Å². The maximum absolute atomic E-state index is 2.44. The lowest BCUT2D eigenvalue weighted by Crippen LogP contribution is -2.25. The van der Waals surface area contributed by atoms with Gasteiger partial charge in [-0.25, -0.2) is 0 Å². The molecule has 2 aliphatic rings. The Morgan fingerprint density at radius 3 is 1.44 bits per heavy atom. The highest BCUT2D eigenvalue weighted by molar-refractivity contribution is 7.26. The minimum absolute atomic E-state index is 0.325. The Hall–Kier alpha value is -7.00. The number of anilines is 3. The van der Waals surface area contributed by atoms with Crippen molar-refractivity contribution in [1.82, 2.24) is 0 Å². The van der Waals surface area contributed by atoms with E-state index in [2.05, 4.69) is 217 Å². The van der Waals surface area contributed by atoms with Gasteiger partial charge in [-0.15, -0.1) is 11.3 Å². The average Bonchev–Trinajstić information content (AvgIpc) is 3.91. The van der Waals surface area contributed by atoms with E-state index in [-0.39, 0.29) is 5.41 Å². The first kappa shape index (κ1) is 32.3. The second-order valence-electron chi connectivity index (χ2n) is 15.2. The topological polar surface area (TPSA) is 3.24 Å². The number of hydrogen-bond donors (Lipinski definition) is 0. The van der Waals surface area contributed by atoms with E-state index in [1.165, 1.54) is 86.9 Å². The molecule has 0 saturated carbocycles. The summed E-state index contributed by atoms with van der Waals surface area (Å²) in [6.45, 7) is 0. The largest absolute Gasteiger partial charge is 0.311 e. The average molecular weight is 742 g/mol. The highest BCUT2D eigenvalue weighted by Gasteiger charge is 2.52. The van der Waals surface area contributed by atoms with Crippen LogP contribution in [0.4, 0.5) is 17.1 Å². The second kappa shape index (κ2) is 12.5. The number of rotatable bonds is 5. The molecule has 0 atom stereocenters. The van der Waals surface area contributed by atoms with Gasteiger partial charge in [-0.05, 0) is 110 Å². The zero-order valence-corrected chi connectivity index (χ0v) is 31.9. The predicted molar refractivity (Wildman–Crippen MR) is 241 cm³/mol. The number of nitrogens with zero attached hydrogens (tertiary/aromatic N) is 1. The molecule has 12 rings (SSSR count). The van der Waals surface area contributed by atoms with Crippen LogP contribution in [0, 0.1) is 0 Å². The summed E-state index contributed by atoms with van der Waals surface area (Å²) in [6, 6.07) is 78.2. The maximum atomic E-state index is 2.44. The fourth-order valence-electron chi connectivity index (χ4n) is 9.85. The first-order chi connectivity index (χ1) is 28.3. The predicted octanol–water partition coefficient (Wildman–Crippen LogP) is 15.2. The molecule has 0 aliphatic heterocycles. The smallest absolute Gasteiger partial charge is 0.0726 e. The Balaban J connectivity index is 0.957. The number of fused-ring (bicyclic) bond motifs is 14. The van der Waals surface area contributed by atoms with Crippen LogP contribution in [0.2, 0.25) is 0 Å². The van der Waals surface area contributed by atoms with Gasteiger partial charge in [-0.1, -0.05) is 164 Å². The zero-order chi connectivity index (χ0) is 37.5. The molecule has 0 saturated heterocycles. The van der Waals surface area contributed by atoms with E-state index < -0.39 is 0 Å². The Bertz CT molecular complexity index is 3110. The Labute approximate surface area is 336 Å². The summed E-state index contributed by atoms with van der Waals surface area (Å²) in [6.07, 6.45) is 0. The molecule has 1 spiro atoms. The summed E-state index contributed by atoms with van der Waals surface area (Å²) in [7, 11) is 0. The maximum Gasteiger partial charge on any atom is 0.0726 e. The summed E-state index contributed by atoms with van der Waals surface area (Å²) in [5, 5.41) is 2.64. The van der Waals surface area contributed by atoms with Crippen molar-refractivity contribution in [1.29, 1.82) is 0 Å². The standard InChI is InChI=1S/C55H35NS/c1-3-13-36(14-4-1)37-23-28-41(29-24-37)56(40-15-5-2-6-16-40)42-30-25-38(26-31-42)39-27-34-52-47(35-39)45-32-33-51-53(54(45)57-52)46-19-9-12-22-50(46)55(51)48-20-10-7-17-43(48)44-18-8-11-21-49(44)55/h1-35H. The van der Waals surface area contributed by atoms with Crippen LogP contribution in [-0.2, 0) is 5.41 Å². The molecular formula is C55H35NS. The molecule has 0 N–H and O–H groups in total. The van der Waals surface area contributed by atoms with E-state index in [1.54, 1.807) is 0 Å². The van der Waals surface area contributed by atoms with Gasteiger partial charge in [0.1, 0.15) is 0 Å². The lowest BCUT2D eigenvalue weighted by molar-refractivity contribution is 0.794. The summed E-state index contributed by atoms with van der Waals surface area (Å²) in [5.74, 6) is 0. The van der Waals surface area contributed by atoms with Crippen molar-refractivity contribution in [2.75, 3.05) is 4.90 Å². The van der Waals surface area contributed by atoms with Crippen molar-refractivity contribution in [2.45, 2.75) is 5.41 Å². The minimum Gasteiger partial charge on any atom is -0.311 e. The fraction of sp³-hybridized carbons (Fsp3) is 0.0182. The van der Waals surface area contributed by atoms with Crippen LogP contribution < -0.4 is 4.90 Å². The second-order valence-corrected chi connectivity index (χ2v) is 16.2. The van der Waals surface area contributed by atoms with Gasteiger partial charge in [0.2, 0.25) is 0 Å². The molecule has 0 radical (unpaired) electrons. The molecular weight excluding hydrogens is 707 g/mol. The van der Waals surface area contributed by atoms with Gasteiger partial charge in [0, 0.05) is 42.8 Å². The summed E-state index contributed by atoms with van der Waals surface area (Å²) >= 11 is 1.93. The van der Waals surface area contributed by atoms with E-state index in [9.17, 15) is 0 Å². The number of hydrogen-bond acceptors (Lipinski definition) is 2. The minimum atomic E-state index is -0.325. The summed E-state index contributed by atoms with van der Waals surface area (Å²) in [5.41, 5.74) is 18.9. The van der Waals surface area contributed by atoms with E-state index >= 15 is 0 Å². The van der Waals surface area contributed by atoms with Crippen LogP contribution >= 0.6 is 11.3 Å². The molecule has 2 heteroatoms. The van der Waals surface area contributed by atoms with E-state index in [4.69, 9.17) is 0 Å². The van der Waals surface area contributed by atoms with Gasteiger partial charge in [0.25, 0.3) is 0 Å². The third-order valence-corrected chi connectivity index (χ3v) is 13.5. The van der Waals surface area contributed by atoms with Gasteiger partial charge in [-0.2, -0.15) is 0 Å². The fourth-order valence-corrected chi connectivity index (χ4v) is 11.1. The van der Waals surface area contributed by atoms with Crippen LogP contribution in [-0.4, -0.2) is 0 Å². The van der Waals surface area contributed by atoms with Crippen molar-refractivity contribution in [3.05, 3.63) is 235 Å². The van der Waals surface area contributed by atoms with Crippen LogP contribution in [0.1, 0.15) is 22.3 Å². The monoisotopic (exact) mass is 741 g/mol. The Morgan fingerprint density at radius 1 is 0.333 bits per heavy atom. The van der Waals surface area contributed by atoms with Crippen LogP contribution in [0.25, 0.3) is 64.7 Å². The van der Waals surface area contributed by atoms with Crippen molar-refractivity contribution >= 4 is 48.6 Å². The first-order valence-corrected chi connectivity index (χ1v) is 20.5. The highest BCUT2D eigenvalue weighted by atomic mass is 32.1. The third-order valence-electron chi connectivity index (χ3n) is 12.3. The lowest BCUT2D eigenvalue weighted by Gasteiger charge is -2.30. The highest BCUT2D eigenvalue weighted by Crippen LogP contribution is 2.64. The molecule has 0 unspecified atom stereocenters. The first-order valence-electron chi connectivity index (χ1n) is 19.7. The molecule has 266 valence electrons. The SMILES string of the molecule is c1ccc(-c2ccc(N(c3ccccc3)c3ccc(-c4ccc5sc6c7c(ccc6c5c4)C4(c5ccccc5-c5ccccc54)c4ccccc4-7)cc3)cc2)cc1. The van der Waals surface area contributed by atoms with E-state index in [0.717, 1.165) is 17.1 Å². The summed E-state index contributed by atoms with van der Waals surface area (Å²) < 4.78 is 2.69. The molecule has 0 fully saturated rings. The van der Waals surface area contributed by atoms with Crippen LogP contribution in [0.15, 0.2) is 212 Å². The molecule has 1 aromatic heterocycles. The molecule has 10 aromatic rings. The van der Waals surface area contributed by atoms with Gasteiger partial charge in [0.15, 0.2) is 0 Å². The number of para-hydroxylation sites is 1. The Morgan fingerprint density at radius 2 is 0.807 bits per heavy atom. The molecule has 1 heterocycles. The molecule has 2 aliphatic carbocycles. The van der Waals surface area contributed by atoms with Crippen LogP contribution in [0.3, 0.4) is 0 Å². The van der Waals surface area contributed by atoms with Crippen molar-refractivity contribution in [2.24, 2.45) is 0 Å². The van der Waals surface area contributed by atoms with Gasteiger partial charge >= 0.3 is 0 Å². The molecule has 9 aromatic carbocycles. The van der Waals surface area contributed by atoms with Gasteiger partial charge in [-0.3, -0.25) is 0 Å². The third kappa shape index (κ3) is 4.68. The van der Waals surface area contributed by atoms with Crippen molar-refractivity contribution < 1.29 is 0 Å². The van der Waals surface area contributed by atoms with Crippen molar-refractivity contribution in [3.63, 3.8) is 0 Å². The summed E-state index contributed by atoms with van der Waals surface area (Å²) in [4.78, 5) is 2.33. The van der Waals surface area contributed by atoms with Crippen molar-refractivity contribution in [3.8, 4) is 44.5 Å². The lowest BCUT2D eigenvalue weighted by atomic mass is 9.70. The normalized spacial score (nSPS) is 13.1. The van der Waals surface area contributed by atoms with E-state index in [1.807, 2.05) is 11.3 Å².